The number of nitrogens with zero attached hydrogens (tertiary/aromatic N) is 3. The second-order valence-corrected chi connectivity index (χ2v) is 15.9. The second-order valence-electron chi connectivity index (χ2n) is 12.7. The lowest BCUT2D eigenvalue weighted by Gasteiger charge is -2.35. The maximum atomic E-state index is 14.8. The quantitative estimate of drug-likeness (QED) is 0.109. The fourth-order valence-electron chi connectivity index (χ4n) is 5.29. The molecule has 0 unspecified atom stereocenters. The lowest BCUT2D eigenvalue weighted by Crippen LogP contribution is -2.56. The molecule has 0 heterocycles. The molecular weight excluding hydrogens is 739 g/mol. The zero-order valence-corrected chi connectivity index (χ0v) is 31.6. The summed E-state index contributed by atoms with van der Waals surface area (Å²) in [6, 6.07) is 20.4. The fourth-order valence-corrected chi connectivity index (χ4v) is 7.21. The average Bonchev–Trinajstić information content (AvgIpc) is 3.06. The highest BCUT2D eigenvalue weighted by molar-refractivity contribution is 7.92. The Morgan fingerprint density at radius 3 is 2.22 bits per heavy atom. The van der Waals surface area contributed by atoms with Crippen molar-refractivity contribution in [3.63, 3.8) is 0 Å². The van der Waals surface area contributed by atoms with Crippen LogP contribution in [-0.2, 0) is 32.6 Å². The number of carbonyl (C=O) groups excluding carboxylic acids is 2. The standard InChI is InChI=1S/C36H37Cl3N4O7S/c1-23-11-14-27(20-30(23)43(46)47)51(48,49)42(31-19-26(37)13-16-33(31)50-5)22-34(44)41(21-25-12-15-28(38)29(39)17-25)32(35(45)40-36(2,3)4)18-24-9-7-6-8-10-24/h6-17,19-20,32H,18,21-22H2,1-5H3,(H,40,45)/t32-/m1/s1. The number of sulfonamides is 1. The molecule has 0 aliphatic carbocycles. The lowest BCUT2D eigenvalue weighted by molar-refractivity contribution is -0.385. The van der Waals surface area contributed by atoms with Gasteiger partial charge in [0.05, 0.1) is 32.7 Å². The molecule has 1 N–H and O–H groups in total. The SMILES string of the molecule is COc1ccc(Cl)cc1N(CC(=O)N(Cc1ccc(Cl)c(Cl)c1)[C@H](Cc1ccccc1)C(=O)NC(C)(C)C)S(=O)(=O)c1ccc(C)c([N+](=O)[O-])c1. The minimum absolute atomic E-state index is 0.0553. The van der Waals surface area contributed by atoms with E-state index in [0.29, 0.717) is 5.56 Å². The third-order valence-electron chi connectivity index (χ3n) is 7.76. The molecule has 51 heavy (non-hydrogen) atoms. The van der Waals surface area contributed by atoms with Gasteiger partial charge in [-0.2, -0.15) is 0 Å². The van der Waals surface area contributed by atoms with Crippen LogP contribution in [0.3, 0.4) is 0 Å². The van der Waals surface area contributed by atoms with Crippen molar-refractivity contribution >= 4 is 68.0 Å². The van der Waals surface area contributed by atoms with Gasteiger partial charge >= 0.3 is 0 Å². The number of carbonyl (C=O) groups is 2. The number of hydrogen-bond donors (Lipinski definition) is 1. The first-order valence-corrected chi connectivity index (χ1v) is 18.2. The molecule has 4 rings (SSSR count). The molecule has 4 aromatic rings. The van der Waals surface area contributed by atoms with E-state index >= 15 is 0 Å². The maximum Gasteiger partial charge on any atom is 0.273 e. The number of anilines is 1. The Kier molecular flexibility index (Phi) is 12.6. The van der Waals surface area contributed by atoms with Gasteiger partial charge in [0.1, 0.15) is 18.3 Å². The van der Waals surface area contributed by atoms with Gasteiger partial charge in [0, 0.05) is 35.2 Å². The van der Waals surface area contributed by atoms with Gasteiger partial charge in [0.2, 0.25) is 11.8 Å². The van der Waals surface area contributed by atoms with Crippen LogP contribution in [0.2, 0.25) is 15.1 Å². The molecule has 15 heteroatoms. The first-order chi connectivity index (χ1) is 23.9. The smallest absolute Gasteiger partial charge is 0.273 e. The summed E-state index contributed by atoms with van der Waals surface area (Å²) < 4.78 is 35.3. The van der Waals surface area contributed by atoms with Crippen LogP contribution < -0.4 is 14.4 Å². The van der Waals surface area contributed by atoms with E-state index in [0.717, 1.165) is 15.9 Å². The molecule has 0 saturated heterocycles. The minimum Gasteiger partial charge on any atom is -0.495 e. The average molecular weight is 776 g/mol. The molecule has 0 saturated carbocycles. The van der Waals surface area contributed by atoms with Crippen LogP contribution in [0.15, 0.2) is 89.8 Å². The number of benzene rings is 4. The monoisotopic (exact) mass is 774 g/mol. The summed E-state index contributed by atoms with van der Waals surface area (Å²) >= 11 is 18.9. The summed E-state index contributed by atoms with van der Waals surface area (Å²) in [7, 11) is -3.40. The predicted octanol–water partition coefficient (Wildman–Crippen LogP) is 7.62. The number of amides is 2. The molecule has 0 aromatic heterocycles. The van der Waals surface area contributed by atoms with Crippen LogP contribution >= 0.6 is 34.8 Å². The first kappa shape index (κ1) is 39.4. The summed E-state index contributed by atoms with van der Waals surface area (Å²) in [5, 5.41) is 15.4. The molecule has 0 fully saturated rings. The topological polar surface area (TPSA) is 139 Å². The summed E-state index contributed by atoms with van der Waals surface area (Å²) in [6.45, 7) is 5.87. The first-order valence-electron chi connectivity index (χ1n) is 15.6. The van der Waals surface area contributed by atoms with E-state index in [1.54, 1.807) is 51.1 Å². The Bertz CT molecular complexity index is 2040. The Hall–Kier alpha value is -4.36. The molecule has 11 nitrogen and oxygen atoms in total. The molecule has 4 aromatic carbocycles. The molecular formula is C36H37Cl3N4O7S. The van der Waals surface area contributed by atoms with Crippen molar-refractivity contribution in [2.75, 3.05) is 18.0 Å². The van der Waals surface area contributed by atoms with Gasteiger partial charge in [0.15, 0.2) is 0 Å². The summed E-state index contributed by atoms with van der Waals surface area (Å²) in [5.74, 6) is -1.21. The second kappa shape index (κ2) is 16.3. The molecule has 0 bridgehead atoms. The molecule has 270 valence electrons. The van der Waals surface area contributed by atoms with Gasteiger partial charge in [-0.1, -0.05) is 77.3 Å². The number of methoxy groups -OCH3 is 1. The number of nitro benzene ring substituents is 1. The minimum atomic E-state index is -4.72. The molecule has 1 atom stereocenters. The maximum absolute atomic E-state index is 14.8. The summed E-state index contributed by atoms with van der Waals surface area (Å²) in [5.41, 5.74) is 0.282. The van der Waals surface area contributed by atoms with Crippen molar-refractivity contribution in [1.82, 2.24) is 10.2 Å². The predicted molar refractivity (Wildman–Crippen MR) is 199 cm³/mol. The number of nitro groups is 1. The number of halogens is 3. The molecule has 0 aliphatic heterocycles. The number of rotatable bonds is 13. The van der Waals surface area contributed by atoms with Crippen molar-refractivity contribution in [3.05, 3.63) is 127 Å². The van der Waals surface area contributed by atoms with Crippen molar-refractivity contribution in [2.24, 2.45) is 0 Å². The Morgan fingerprint density at radius 2 is 1.61 bits per heavy atom. The summed E-state index contributed by atoms with van der Waals surface area (Å²) in [4.78, 5) is 40.8. The number of aryl methyl sites for hydroxylation is 1. The van der Waals surface area contributed by atoms with E-state index < -0.39 is 55.5 Å². The summed E-state index contributed by atoms with van der Waals surface area (Å²) in [6.07, 6.45) is 0.0766. The highest BCUT2D eigenvalue weighted by Crippen LogP contribution is 2.36. The van der Waals surface area contributed by atoms with Gasteiger partial charge in [-0.15, -0.1) is 0 Å². The van der Waals surface area contributed by atoms with Crippen LogP contribution in [0.1, 0.15) is 37.5 Å². The van der Waals surface area contributed by atoms with E-state index in [1.807, 2.05) is 18.2 Å². The van der Waals surface area contributed by atoms with Crippen LogP contribution in [0.25, 0.3) is 0 Å². The van der Waals surface area contributed by atoms with Crippen LogP contribution in [0.4, 0.5) is 11.4 Å². The van der Waals surface area contributed by atoms with Crippen LogP contribution in [0, 0.1) is 17.0 Å². The van der Waals surface area contributed by atoms with Crippen LogP contribution in [0.5, 0.6) is 5.75 Å². The van der Waals surface area contributed by atoms with E-state index in [4.69, 9.17) is 39.5 Å². The molecule has 0 aliphatic rings. The van der Waals surface area contributed by atoms with E-state index in [-0.39, 0.29) is 45.0 Å². The zero-order chi connectivity index (χ0) is 37.7. The van der Waals surface area contributed by atoms with Crippen molar-refractivity contribution < 1.29 is 27.7 Å². The Balaban J connectivity index is 1.92. The zero-order valence-electron chi connectivity index (χ0n) is 28.5. The van der Waals surface area contributed by atoms with Gasteiger partial charge in [-0.05, 0) is 75.2 Å². The van der Waals surface area contributed by atoms with Gasteiger partial charge in [-0.3, -0.25) is 24.0 Å². The Morgan fingerprint density at radius 1 is 0.922 bits per heavy atom. The number of ether oxygens (including phenoxy) is 1. The van der Waals surface area contributed by atoms with Gasteiger partial charge in [-0.25, -0.2) is 8.42 Å². The molecule has 0 radical (unpaired) electrons. The highest BCUT2D eigenvalue weighted by Gasteiger charge is 2.37. The van der Waals surface area contributed by atoms with Crippen molar-refractivity contribution in [3.8, 4) is 5.75 Å². The molecule has 0 spiro atoms. The number of nitrogens with one attached hydrogen (secondary N) is 1. The fraction of sp³-hybridized carbons (Fsp3) is 0.278. The highest BCUT2D eigenvalue weighted by atomic mass is 35.5. The normalized spacial score (nSPS) is 12.2. The third-order valence-corrected chi connectivity index (χ3v) is 10.5. The van der Waals surface area contributed by atoms with Crippen molar-refractivity contribution in [1.29, 1.82) is 0 Å². The van der Waals surface area contributed by atoms with E-state index in [2.05, 4.69) is 5.32 Å². The van der Waals surface area contributed by atoms with Gasteiger partial charge in [0.25, 0.3) is 15.7 Å². The van der Waals surface area contributed by atoms with Gasteiger partial charge < -0.3 is 15.0 Å². The number of hydrogen-bond acceptors (Lipinski definition) is 7. The largest absolute Gasteiger partial charge is 0.495 e. The molecule has 2 amide bonds. The van der Waals surface area contributed by atoms with E-state index in [9.17, 15) is 28.1 Å². The Labute approximate surface area is 312 Å². The van der Waals surface area contributed by atoms with Crippen LogP contribution in [-0.4, -0.2) is 55.3 Å². The van der Waals surface area contributed by atoms with Crippen molar-refractivity contribution in [2.45, 2.75) is 57.1 Å². The third kappa shape index (κ3) is 9.91. The van der Waals surface area contributed by atoms with E-state index in [1.165, 1.54) is 49.3 Å². The lowest BCUT2D eigenvalue weighted by atomic mass is 10.0.